The smallest absolute Gasteiger partial charge is 0.272 e. The first-order valence-electron chi connectivity index (χ1n) is 4.39. The van der Waals surface area contributed by atoms with Crippen LogP contribution in [0.5, 0.6) is 5.75 Å². The maximum absolute atomic E-state index is 11.9. The van der Waals surface area contributed by atoms with Crippen molar-refractivity contribution in [2.24, 2.45) is 0 Å². The fourth-order valence-electron chi connectivity index (χ4n) is 1.13. The Morgan fingerprint density at radius 3 is 2.67 bits per heavy atom. The van der Waals surface area contributed by atoms with E-state index in [4.69, 9.17) is 4.74 Å². The summed E-state index contributed by atoms with van der Waals surface area (Å²) in [6.07, 6.45) is -3.27. The highest BCUT2D eigenvalue weighted by Crippen LogP contribution is 2.28. The summed E-state index contributed by atoms with van der Waals surface area (Å²) in [7, 11) is 0. The highest BCUT2D eigenvalue weighted by molar-refractivity contribution is 9.10. The van der Waals surface area contributed by atoms with Gasteiger partial charge in [0.25, 0.3) is 6.43 Å². The van der Waals surface area contributed by atoms with Crippen molar-refractivity contribution in [2.75, 3.05) is 6.61 Å². The zero-order valence-electron chi connectivity index (χ0n) is 8.08. The second kappa shape index (κ2) is 5.42. The molecule has 1 rings (SSSR count). The summed E-state index contributed by atoms with van der Waals surface area (Å²) in [5, 5.41) is 9.41. The van der Waals surface area contributed by atoms with Gasteiger partial charge >= 0.3 is 0 Å². The van der Waals surface area contributed by atoms with E-state index >= 15 is 0 Å². The van der Waals surface area contributed by atoms with Crippen molar-refractivity contribution in [3.05, 3.63) is 28.2 Å². The molecule has 1 aromatic rings. The van der Waals surface area contributed by atoms with Crippen LogP contribution in [0.1, 0.15) is 18.6 Å². The number of aliphatic hydroxyl groups excluding tert-OH is 1. The molecule has 0 aliphatic carbocycles. The molecule has 1 aromatic carbocycles. The van der Waals surface area contributed by atoms with E-state index in [1.54, 1.807) is 25.1 Å². The molecule has 84 valence electrons. The third-order valence-corrected chi connectivity index (χ3v) is 2.28. The van der Waals surface area contributed by atoms with Gasteiger partial charge < -0.3 is 9.84 Å². The number of benzene rings is 1. The Balaban J connectivity index is 2.86. The van der Waals surface area contributed by atoms with Crippen molar-refractivity contribution < 1.29 is 18.6 Å². The molecule has 0 unspecified atom stereocenters. The van der Waals surface area contributed by atoms with Crippen molar-refractivity contribution in [2.45, 2.75) is 19.5 Å². The van der Waals surface area contributed by atoms with Crippen LogP contribution in [0, 0.1) is 0 Å². The first-order chi connectivity index (χ1) is 7.00. The molecular formula is C10H11BrF2O2. The number of rotatable bonds is 4. The summed E-state index contributed by atoms with van der Waals surface area (Å²) in [5.74, 6) is 0.286. The number of hydrogen-bond donors (Lipinski definition) is 1. The molecule has 0 bridgehead atoms. The third-order valence-electron chi connectivity index (χ3n) is 1.79. The molecule has 0 heterocycles. The fourth-order valence-corrected chi connectivity index (χ4v) is 1.51. The molecule has 0 aliphatic heterocycles. The topological polar surface area (TPSA) is 29.5 Å². The molecule has 0 spiro atoms. The van der Waals surface area contributed by atoms with Crippen LogP contribution >= 0.6 is 15.9 Å². The average Bonchev–Trinajstić information content (AvgIpc) is 2.15. The Morgan fingerprint density at radius 2 is 2.13 bits per heavy atom. The van der Waals surface area contributed by atoms with Crippen LogP contribution in [-0.4, -0.2) is 18.1 Å². The van der Waals surface area contributed by atoms with Crippen LogP contribution in [0.4, 0.5) is 8.78 Å². The molecular weight excluding hydrogens is 270 g/mol. The summed E-state index contributed by atoms with van der Waals surface area (Å²) in [5.41, 5.74) is 0.491. The van der Waals surface area contributed by atoms with Gasteiger partial charge in [-0.05, 0) is 25.1 Å². The summed E-state index contributed by atoms with van der Waals surface area (Å²) < 4.78 is 29.5. The maximum Gasteiger partial charge on any atom is 0.272 e. The summed E-state index contributed by atoms with van der Waals surface area (Å²) in [6, 6.07) is 4.87. The van der Waals surface area contributed by atoms with Gasteiger partial charge in [0.15, 0.2) is 0 Å². The fraction of sp³-hybridized carbons (Fsp3) is 0.400. The zero-order chi connectivity index (χ0) is 11.4. The standard InChI is InChI=1S/C10H11BrF2O2/c1-6(14)8-4-7(11)2-3-9(8)15-5-10(12)13/h2-4,6,10,14H,5H2,1H3/t6-/m0/s1. The van der Waals surface area contributed by atoms with Crippen LogP contribution in [0.15, 0.2) is 22.7 Å². The van der Waals surface area contributed by atoms with Gasteiger partial charge in [-0.1, -0.05) is 15.9 Å². The average molecular weight is 281 g/mol. The number of alkyl halides is 2. The van der Waals surface area contributed by atoms with Crippen LogP contribution in [0.25, 0.3) is 0 Å². The Labute approximate surface area is 95.0 Å². The minimum atomic E-state index is -2.52. The second-order valence-electron chi connectivity index (χ2n) is 3.06. The number of ether oxygens (including phenoxy) is 1. The predicted molar refractivity (Wildman–Crippen MR) is 56.3 cm³/mol. The Hall–Kier alpha value is -0.680. The Bertz CT molecular complexity index is 329. The van der Waals surface area contributed by atoms with Crippen LogP contribution in [0.2, 0.25) is 0 Å². The van der Waals surface area contributed by atoms with Crippen molar-refractivity contribution >= 4 is 15.9 Å². The molecule has 15 heavy (non-hydrogen) atoms. The van der Waals surface area contributed by atoms with Gasteiger partial charge in [0.05, 0.1) is 6.10 Å². The molecule has 0 radical (unpaired) electrons. The molecule has 0 aromatic heterocycles. The van der Waals surface area contributed by atoms with E-state index in [-0.39, 0.29) is 5.75 Å². The molecule has 1 atom stereocenters. The van der Waals surface area contributed by atoms with E-state index in [1.807, 2.05) is 0 Å². The van der Waals surface area contributed by atoms with Crippen LogP contribution in [0.3, 0.4) is 0 Å². The van der Waals surface area contributed by atoms with E-state index in [9.17, 15) is 13.9 Å². The lowest BCUT2D eigenvalue weighted by molar-refractivity contribution is 0.0794. The molecule has 0 saturated carbocycles. The highest BCUT2D eigenvalue weighted by Gasteiger charge is 2.11. The quantitative estimate of drug-likeness (QED) is 0.918. The van der Waals surface area contributed by atoms with E-state index in [0.29, 0.717) is 5.56 Å². The van der Waals surface area contributed by atoms with E-state index in [2.05, 4.69) is 15.9 Å². The van der Waals surface area contributed by atoms with Crippen LogP contribution < -0.4 is 4.74 Å². The largest absolute Gasteiger partial charge is 0.487 e. The van der Waals surface area contributed by atoms with Gasteiger partial charge in [-0.3, -0.25) is 0 Å². The van der Waals surface area contributed by atoms with Crippen LogP contribution in [-0.2, 0) is 0 Å². The van der Waals surface area contributed by atoms with E-state index in [0.717, 1.165) is 4.47 Å². The summed E-state index contributed by atoms with van der Waals surface area (Å²) in [6.45, 7) is 0.887. The number of aliphatic hydroxyl groups is 1. The molecule has 0 fully saturated rings. The predicted octanol–water partition coefficient (Wildman–Crippen LogP) is 3.15. The van der Waals surface area contributed by atoms with Gasteiger partial charge in [-0.25, -0.2) is 8.78 Å². The summed E-state index contributed by atoms with van der Waals surface area (Å²) in [4.78, 5) is 0. The summed E-state index contributed by atoms with van der Waals surface area (Å²) >= 11 is 3.23. The first-order valence-corrected chi connectivity index (χ1v) is 5.18. The third kappa shape index (κ3) is 3.76. The Morgan fingerprint density at radius 1 is 1.47 bits per heavy atom. The molecule has 1 N–H and O–H groups in total. The van der Waals surface area contributed by atoms with Crippen molar-refractivity contribution in [1.29, 1.82) is 0 Å². The molecule has 0 aliphatic rings. The monoisotopic (exact) mass is 280 g/mol. The van der Waals surface area contributed by atoms with Gasteiger partial charge in [0.1, 0.15) is 12.4 Å². The van der Waals surface area contributed by atoms with Gasteiger partial charge in [0, 0.05) is 10.0 Å². The van der Waals surface area contributed by atoms with Gasteiger partial charge in [-0.2, -0.15) is 0 Å². The van der Waals surface area contributed by atoms with Gasteiger partial charge in [-0.15, -0.1) is 0 Å². The zero-order valence-corrected chi connectivity index (χ0v) is 9.67. The second-order valence-corrected chi connectivity index (χ2v) is 3.98. The molecule has 0 saturated heterocycles. The lowest BCUT2D eigenvalue weighted by atomic mass is 10.1. The molecule has 0 amide bonds. The molecule has 5 heteroatoms. The van der Waals surface area contributed by atoms with Crippen molar-refractivity contribution in [1.82, 2.24) is 0 Å². The lowest BCUT2D eigenvalue weighted by Gasteiger charge is -2.13. The highest BCUT2D eigenvalue weighted by atomic mass is 79.9. The van der Waals surface area contributed by atoms with E-state index in [1.165, 1.54) is 0 Å². The van der Waals surface area contributed by atoms with Gasteiger partial charge in [0.2, 0.25) is 0 Å². The maximum atomic E-state index is 11.9. The Kier molecular flexibility index (Phi) is 4.47. The van der Waals surface area contributed by atoms with Crippen molar-refractivity contribution in [3.8, 4) is 5.75 Å². The molecule has 2 nitrogen and oxygen atoms in total. The SMILES string of the molecule is C[C@H](O)c1cc(Br)ccc1OCC(F)F. The van der Waals surface area contributed by atoms with Crippen molar-refractivity contribution in [3.63, 3.8) is 0 Å². The van der Waals surface area contributed by atoms with E-state index < -0.39 is 19.1 Å². The normalized spacial score (nSPS) is 12.9. The minimum Gasteiger partial charge on any atom is -0.487 e. The minimum absolute atomic E-state index is 0.286. The lowest BCUT2D eigenvalue weighted by Crippen LogP contribution is -2.09. The number of hydrogen-bond acceptors (Lipinski definition) is 2. The number of halogens is 3. The first kappa shape index (κ1) is 12.4.